The first kappa shape index (κ1) is 28.1. The van der Waals surface area contributed by atoms with Crippen LogP contribution in [0.2, 0.25) is 5.02 Å². The number of carbonyl (C=O) groups is 2. The zero-order chi connectivity index (χ0) is 27.3. The molecule has 0 aliphatic carbocycles. The summed E-state index contributed by atoms with van der Waals surface area (Å²) in [6.07, 6.45) is 4.33. The fourth-order valence-corrected chi connectivity index (χ4v) is 4.91. The Balaban J connectivity index is 1.43. The highest BCUT2D eigenvalue weighted by molar-refractivity contribution is 6.33. The van der Waals surface area contributed by atoms with Gasteiger partial charge >= 0.3 is 6.09 Å². The molecular weight excluding hydrogens is 511 g/mol. The SMILES string of the molecule is CC(C)(C)OC(=O)N1CCCC(C(=O)Nc2cc(-c3cc(F)cc(NCC4CCOCC4)c3)c(Cl)cn2)C1. The molecule has 2 amide bonds. The first-order valence-corrected chi connectivity index (χ1v) is 13.5. The molecule has 0 saturated carbocycles. The van der Waals surface area contributed by atoms with Crippen LogP contribution in [-0.4, -0.2) is 60.3 Å². The van der Waals surface area contributed by atoms with Crippen LogP contribution >= 0.6 is 11.6 Å². The molecule has 1 aromatic heterocycles. The van der Waals surface area contributed by atoms with Gasteiger partial charge in [-0.15, -0.1) is 0 Å². The van der Waals surface area contributed by atoms with Crippen molar-refractivity contribution in [1.82, 2.24) is 9.88 Å². The molecular formula is C28H36ClFN4O4. The molecule has 38 heavy (non-hydrogen) atoms. The van der Waals surface area contributed by atoms with E-state index in [4.69, 9.17) is 21.1 Å². The number of halogens is 2. The standard InChI is InChI=1S/C28H36ClFN4O4/c1-28(2,3)38-27(36)34-8-4-5-19(17-34)26(35)33-25-14-23(24(29)16-32-25)20-11-21(30)13-22(12-20)31-15-18-6-9-37-10-7-18/h11-14,16,18-19,31H,4-10,15,17H2,1-3H3,(H,32,33,35). The zero-order valence-electron chi connectivity index (χ0n) is 22.2. The van der Waals surface area contributed by atoms with Crippen LogP contribution in [0.5, 0.6) is 0 Å². The Hall–Kier alpha value is -2.91. The van der Waals surface area contributed by atoms with Crippen LogP contribution in [0.15, 0.2) is 30.5 Å². The van der Waals surface area contributed by atoms with Gasteiger partial charge in [0.15, 0.2) is 0 Å². The first-order chi connectivity index (χ1) is 18.1. The Labute approximate surface area is 228 Å². The predicted octanol–water partition coefficient (Wildman–Crippen LogP) is 5.97. The van der Waals surface area contributed by atoms with E-state index in [-0.39, 0.29) is 18.3 Å². The molecule has 2 fully saturated rings. The molecule has 2 aliphatic rings. The Kier molecular flexibility index (Phi) is 9.10. The van der Waals surface area contributed by atoms with Gasteiger partial charge in [0, 0.05) is 50.3 Å². The lowest BCUT2D eigenvalue weighted by atomic mass is 9.97. The fraction of sp³-hybridized carbons (Fsp3) is 0.536. The van der Waals surface area contributed by atoms with E-state index < -0.39 is 17.6 Å². The van der Waals surface area contributed by atoms with Gasteiger partial charge in [0.25, 0.3) is 0 Å². The van der Waals surface area contributed by atoms with Crippen molar-refractivity contribution >= 4 is 35.1 Å². The van der Waals surface area contributed by atoms with Crippen molar-refractivity contribution in [2.45, 2.75) is 52.1 Å². The number of aromatic nitrogens is 1. The second-order valence-corrected chi connectivity index (χ2v) is 11.4. The summed E-state index contributed by atoms with van der Waals surface area (Å²) >= 11 is 6.44. The smallest absolute Gasteiger partial charge is 0.410 e. The third-order valence-corrected chi connectivity index (χ3v) is 7.00. The Morgan fingerprint density at radius 2 is 1.95 bits per heavy atom. The molecule has 206 valence electrons. The number of ether oxygens (including phenoxy) is 2. The van der Waals surface area contributed by atoms with Gasteiger partial charge in [-0.25, -0.2) is 14.2 Å². The average molecular weight is 547 g/mol. The summed E-state index contributed by atoms with van der Waals surface area (Å²) in [6.45, 7) is 8.49. The molecule has 0 spiro atoms. The van der Waals surface area contributed by atoms with E-state index in [0.29, 0.717) is 53.0 Å². The molecule has 3 heterocycles. The third kappa shape index (κ3) is 7.80. The largest absolute Gasteiger partial charge is 0.444 e. The van der Waals surface area contributed by atoms with Gasteiger partial charge in [0.1, 0.15) is 17.2 Å². The number of likely N-dealkylation sites (tertiary alicyclic amines) is 1. The van der Waals surface area contributed by atoms with Crippen molar-refractivity contribution in [3.05, 3.63) is 41.3 Å². The minimum absolute atomic E-state index is 0.239. The van der Waals surface area contributed by atoms with E-state index in [1.807, 2.05) is 26.8 Å². The minimum atomic E-state index is -0.604. The number of carbonyl (C=O) groups excluding carboxylic acids is 2. The second kappa shape index (κ2) is 12.3. The highest BCUT2D eigenvalue weighted by atomic mass is 35.5. The average Bonchev–Trinajstić information content (AvgIpc) is 2.88. The molecule has 1 unspecified atom stereocenters. The number of anilines is 2. The maximum absolute atomic E-state index is 14.5. The highest BCUT2D eigenvalue weighted by Gasteiger charge is 2.31. The van der Waals surface area contributed by atoms with Gasteiger partial charge in [-0.05, 0) is 82.2 Å². The van der Waals surface area contributed by atoms with Crippen molar-refractivity contribution in [3.8, 4) is 11.1 Å². The van der Waals surface area contributed by atoms with Crippen molar-refractivity contribution < 1.29 is 23.5 Å². The molecule has 4 rings (SSSR count). The van der Waals surface area contributed by atoms with E-state index >= 15 is 0 Å². The third-order valence-electron chi connectivity index (χ3n) is 6.70. The molecule has 2 aliphatic heterocycles. The molecule has 2 N–H and O–H groups in total. The van der Waals surface area contributed by atoms with Gasteiger partial charge in [0.05, 0.1) is 10.9 Å². The quantitative estimate of drug-likeness (QED) is 0.464. The number of hydrogen-bond donors (Lipinski definition) is 2. The lowest BCUT2D eigenvalue weighted by molar-refractivity contribution is -0.121. The minimum Gasteiger partial charge on any atom is -0.444 e. The molecule has 0 bridgehead atoms. The van der Waals surface area contributed by atoms with Crippen LogP contribution in [0.25, 0.3) is 11.1 Å². The van der Waals surface area contributed by atoms with Crippen LogP contribution in [0.1, 0.15) is 46.5 Å². The van der Waals surface area contributed by atoms with E-state index in [2.05, 4.69) is 15.6 Å². The van der Waals surface area contributed by atoms with Crippen LogP contribution in [-0.2, 0) is 14.3 Å². The van der Waals surface area contributed by atoms with E-state index in [1.165, 1.54) is 18.3 Å². The second-order valence-electron chi connectivity index (χ2n) is 11.0. The van der Waals surface area contributed by atoms with Crippen molar-refractivity contribution in [2.75, 3.05) is 43.5 Å². The highest BCUT2D eigenvalue weighted by Crippen LogP contribution is 2.32. The van der Waals surface area contributed by atoms with Gasteiger partial charge in [-0.2, -0.15) is 0 Å². The van der Waals surface area contributed by atoms with E-state index in [1.54, 1.807) is 11.0 Å². The molecule has 2 saturated heterocycles. The molecule has 0 radical (unpaired) electrons. The van der Waals surface area contributed by atoms with Crippen LogP contribution in [0.4, 0.5) is 20.7 Å². The van der Waals surface area contributed by atoms with Crippen molar-refractivity contribution in [3.63, 3.8) is 0 Å². The maximum Gasteiger partial charge on any atom is 0.410 e. The van der Waals surface area contributed by atoms with Crippen LogP contribution < -0.4 is 10.6 Å². The molecule has 1 atom stereocenters. The Morgan fingerprint density at radius 3 is 2.68 bits per heavy atom. The maximum atomic E-state index is 14.5. The summed E-state index contributed by atoms with van der Waals surface area (Å²) in [5, 5.41) is 6.53. The van der Waals surface area contributed by atoms with Crippen molar-refractivity contribution in [1.29, 1.82) is 0 Å². The molecule has 8 nitrogen and oxygen atoms in total. The molecule has 2 aromatic rings. The lowest BCUT2D eigenvalue weighted by Crippen LogP contribution is -2.45. The zero-order valence-corrected chi connectivity index (χ0v) is 22.9. The fourth-order valence-electron chi connectivity index (χ4n) is 4.70. The Bertz CT molecular complexity index is 1150. The number of hydrogen-bond acceptors (Lipinski definition) is 6. The Morgan fingerprint density at radius 1 is 1.18 bits per heavy atom. The number of nitrogens with one attached hydrogen (secondary N) is 2. The van der Waals surface area contributed by atoms with Gasteiger partial charge in [0.2, 0.25) is 5.91 Å². The van der Waals surface area contributed by atoms with Gasteiger partial charge in [-0.1, -0.05) is 11.6 Å². The summed E-state index contributed by atoms with van der Waals surface area (Å²) in [6, 6.07) is 6.35. The number of nitrogens with zero attached hydrogens (tertiary/aromatic N) is 2. The number of rotatable bonds is 6. The summed E-state index contributed by atoms with van der Waals surface area (Å²) in [4.78, 5) is 31.4. The lowest BCUT2D eigenvalue weighted by Gasteiger charge is -2.33. The van der Waals surface area contributed by atoms with E-state index in [0.717, 1.165) is 32.6 Å². The van der Waals surface area contributed by atoms with Gasteiger partial charge < -0.3 is 25.0 Å². The number of pyridine rings is 1. The number of amides is 2. The van der Waals surface area contributed by atoms with Crippen molar-refractivity contribution in [2.24, 2.45) is 11.8 Å². The monoisotopic (exact) mass is 546 g/mol. The van der Waals surface area contributed by atoms with E-state index in [9.17, 15) is 14.0 Å². The van der Waals surface area contributed by atoms with Crippen LogP contribution in [0, 0.1) is 17.7 Å². The normalized spacial score (nSPS) is 18.7. The number of benzene rings is 1. The summed E-state index contributed by atoms with van der Waals surface area (Å²) in [7, 11) is 0. The molecule has 1 aromatic carbocycles. The molecule has 10 heteroatoms. The predicted molar refractivity (Wildman–Crippen MR) is 146 cm³/mol. The van der Waals surface area contributed by atoms with Crippen LogP contribution in [0.3, 0.4) is 0 Å². The topological polar surface area (TPSA) is 92.8 Å². The summed E-state index contributed by atoms with van der Waals surface area (Å²) in [5.41, 5.74) is 1.20. The number of piperidine rings is 1. The summed E-state index contributed by atoms with van der Waals surface area (Å²) in [5.74, 6) is -0.234. The first-order valence-electron chi connectivity index (χ1n) is 13.1. The van der Waals surface area contributed by atoms with Gasteiger partial charge in [-0.3, -0.25) is 4.79 Å². The summed E-state index contributed by atoms with van der Waals surface area (Å²) < 4.78 is 25.4.